The number of sulfonamides is 1. The van der Waals surface area contributed by atoms with Gasteiger partial charge in [0.2, 0.25) is 15.9 Å². The van der Waals surface area contributed by atoms with Crippen LogP contribution in [0.25, 0.3) is 0 Å². The van der Waals surface area contributed by atoms with E-state index in [0.29, 0.717) is 17.3 Å². The quantitative estimate of drug-likeness (QED) is 0.620. The summed E-state index contributed by atoms with van der Waals surface area (Å²) in [5.41, 5.74) is 0.277. The Morgan fingerprint density at radius 3 is 2.54 bits per heavy atom. The molecule has 1 heterocycles. The minimum absolute atomic E-state index is 0.00352. The summed E-state index contributed by atoms with van der Waals surface area (Å²) in [6.07, 6.45) is 0.00352. The van der Waals surface area contributed by atoms with E-state index < -0.39 is 10.0 Å². The van der Waals surface area contributed by atoms with Gasteiger partial charge in [-0.15, -0.1) is 0 Å². The Hall–Kier alpha value is -2.10. The van der Waals surface area contributed by atoms with Gasteiger partial charge in [0.25, 0.3) is 0 Å². The Kier molecular flexibility index (Phi) is 7.01. The van der Waals surface area contributed by atoms with Crippen LogP contribution in [0.2, 0.25) is 5.02 Å². The number of amides is 1. The van der Waals surface area contributed by atoms with Gasteiger partial charge in [0.1, 0.15) is 22.9 Å². The maximum Gasteiger partial charge on any atom is 0.245 e. The Bertz CT molecular complexity index is 830. The third-order valence-corrected chi connectivity index (χ3v) is 5.34. The second-order valence-electron chi connectivity index (χ2n) is 5.45. The van der Waals surface area contributed by atoms with Crippen molar-refractivity contribution in [3.63, 3.8) is 0 Å². The van der Waals surface area contributed by atoms with Gasteiger partial charge in [-0.2, -0.15) is 0 Å². The Morgan fingerprint density at radius 1 is 1.23 bits per heavy atom. The molecule has 1 aromatic carbocycles. The zero-order valence-corrected chi connectivity index (χ0v) is 16.0. The number of ether oxygens (including phenoxy) is 1. The Labute approximate surface area is 156 Å². The minimum Gasteiger partial charge on any atom is -0.492 e. The summed E-state index contributed by atoms with van der Waals surface area (Å²) in [4.78, 5) is 11.8. The average molecular weight is 402 g/mol. The molecule has 1 aromatic heterocycles. The summed E-state index contributed by atoms with van der Waals surface area (Å²) in [6, 6.07) is 6.88. The molecular formula is C16H20ClN3O5S. The van der Waals surface area contributed by atoms with E-state index in [1.165, 1.54) is 6.92 Å². The fraction of sp³-hybridized carbons (Fsp3) is 0.375. The molecule has 0 spiro atoms. The molecule has 0 unspecified atom stereocenters. The van der Waals surface area contributed by atoms with Gasteiger partial charge in [-0.1, -0.05) is 16.8 Å². The molecule has 1 amide bonds. The van der Waals surface area contributed by atoms with Gasteiger partial charge < -0.3 is 14.6 Å². The van der Waals surface area contributed by atoms with Crippen LogP contribution in [0, 0.1) is 13.8 Å². The normalized spacial score (nSPS) is 11.3. The maximum absolute atomic E-state index is 12.2. The number of hydrogen-bond acceptors (Lipinski definition) is 6. The highest BCUT2D eigenvalue weighted by Gasteiger charge is 2.23. The lowest BCUT2D eigenvalue weighted by molar-refractivity contribution is -0.121. The van der Waals surface area contributed by atoms with Crippen LogP contribution in [0.1, 0.15) is 17.9 Å². The first-order valence-corrected chi connectivity index (χ1v) is 9.73. The van der Waals surface area contributed by atoms with Crippen LogP contribution in [-0.4, -0.2) is 39.2 Å². The van der Waals surface area contributed by atoms with Crippen LogP contribution in [0.3, 0.4) is 0 Å². The SMILES string of the molecule is Cc1noc(C)c1S(=O)(=O)NCCC(=O)NCCOc1ccc(Cl)cc1. The Morgan fingerprint density at radius 2 is 1.92 bits per heavy atom. The van der Waals surface area contributed by atoms with Crippen molar-refractivity contribution in [1.29, 1.82) is 0 Å². The first-order valence-electron chi connectivity index (χ1n) is 7.87. The van der Waals surface area contributed by atoms with E-state index >= 15 is 0 Å². The third-order valence-electron chi connectivity index (χ3n) is 3.39. The van der Waals surface area contributed by atoms with Crippen molar-refractivity contribution in [3.05, 3.63) is 40.7 Å². The fourth-order valence-corrected chi connectivity index (χ4v) is 3.69. The summed E-state index contributed by atoms with van der Waals surface area (Å²) in [6.45, 7) is 3.62. The van der Waals surface area contributed by atoms with Gasteiger partial charge >= 0.3 is 0 Å². The van der Waals surface area contributed by atoms with Crippen LogP contribution >= 0.6 is 11.6 Å². The monoisotopic (exact) mass is 401 g/mol. The highest BCUT2D eigenvalue weighted by Crippen LogP contribution is 2.18. The zero-order valence-electron chi connectivity index (χ0n) is 14.4. The molecule has 10 heteroatoms. The van der Waals surface area contributed by atoms with E-state index in [1.54, 1.807) is 31.2 Å². The van der Waals surface area contributed by atoms with Crippen molar-refractivity contribution < 1.29 is 22.5 Å². The molecule has 0 aliphatic rings. The van der Waals surface area contributed by atoms with Crippen molar-refractivity contribution in [1.82, 2.24) is 15.2 Å². The second-order valence-corrected chi connectivity index (χ2v) is 7.59. The maximum atomic E-state index is 12.2. The first kappa shape index (κ1) is 20.2. The predicted octanol–water partition coefficient (Wildman–Crippen LogP) is 1.81. The predicted molar refractivity (Wildman–Crippen MR) is 95.7 cm³/mol. The average Bonchev–Trinajstić information content (AvgIpc) is 2.92. The van der Waals surface area contributed by atoms with Gasteiger partial charge in [-0.3, -0.25) is 4.79 Å². The van der Waals surface area contributed by atoms with E-state index in [9.17, 15) is 13.2 Å². The molecule has 0 atom stereocenters. The molecule has 142 valence electrons. The summed E-state index contributed by atoms with van der Waals surface area (Å²) >= 11 is 5.77. The van der Waals surface area contributed by atoms with Crippen molar-refractivity contribution in [3.8, 4) is 5.75 Å². The van der Waals surface area contributed by atoms with E-state index in [2.05, 4.69) is 15.2 Å². The molecule has 2 N–H and O–H groups in total. The third kappa shape index (κ3) is 5.72. The molecule has 0 bridgehead atoms. The fourth-order valence-electron chi connectivity index (χ4n) is 2.21. The van der Waals surface area contributed by atoms with Crippen LogP contribution in [0.5, 0.6) is 5.75 Å². The first-order chi connectivity index (χ1) is 12.3. The van der Waals surface area contributed by atoms with Gasteiger partial charge in [0.05, 0.1) is 6.54 Å². The van der Waals surface area contributed by atoms with Crippen molar-refractivity contribution in [2.45, 2.75) is 25.2 Å². The van der Waals surface area contributed by atoms with Gasteiger partial charge in [0, 0.05) is 18.0 Å². The minimum atomic E-state index is -3.76. The van der Waals surface area contributed by atoms with Gasteiger partial charge in [0.15, 0.2) is 5.76 Å². The van der Waals surface area contributed by atoms with E-state index in [-0.39, 0.29) is 41.8 Å². The molecule has 0 aliphatic carbocycles. The molecule has 2 rings (SSSR count). The number of carbonyl (C=O) groups is 1. The number of rotatable bonds is 9. The number of aromatic nitrogens is 1. The largest absolute Gasteiger partial charge is 0.492 e. The van der Waals surface area contributed by atoms with Crippen LogP contribution < -0.4 is 14.8 Å². The molecular weight excluding hydrogens is 382 g/mol. The highest BCUT2D eigenvalue weighted by molar-refractivity contribution is 7.89. The molecule has 26 heavy (non-hydrogen) atoms. The number of hydrogen-bond donors (Lipinski definition) is 2. The van der Waals surface area contributed by atoms with Gasteiger partial charge in [-0.05, 0) is 38.1 Å². The van der Waals surface area contributed by atoms with Crippen LogP contribution in [0.4, 0.5) is 0 Å². The molecule has 2 aromatic rings. The second kappa shape index (κ2) is 9.02. The lowest BCUT2D eigenvalue weighted by Crippen LogP contribution is -2.33. The molecule has 0 saturated heterocycles. The number of benzene rings is 1. The van der Waals surface area contributed by atoms with Crippen LogP contribution in [0.15, 0.2) is 33.7 Å². The number of nitrogens with one attached hydrogen (secondary N) is 2. The zero-order chi connectivity index (χ0) is 19.2. The number of nitrogens with zero attached hydrogens (tertiary/aromatic N) is 1. The topological polar surface area (TPSA) is 111 Å². The lowest BCUT2D eigenvalue weighted by atomic mass is 10.3. The van der Waals surface area contributed by atoms with Crippen molar-refractivity contribution in [2.24, 2.45) is 0 Å². The van der Waals surface area contributed by atoms with Gasteiger partial charge in [-0.25, -0.2) is 13.1 Å². The summed E-state index contributed by atoms with van der Waals surface area (Å²) in [5.74, 6) is 0.570. The van der Waals surface area contributed by atoms with Crippen LogP contribution in [-0.2, 0) is 14.8 Å². The van der Waals surface area contributed by atoms with E-state index in [0.717, 1.165) is 0 Å². The molecule has 0 saturated carbocycles. The molecule has 0 radical (unpaired) electrons. The standard InChI is InChI=1S/C16H20ClN3O5S/c1-11-16(12(2)25-20-11)26(22,23)19-8-7-15(21)18-9-10-24-14-5-3-13(17)4-6-14/h3-6,19H,7-10H2,1-2H3,(H,18,21). The summed E-state index contributed by atoms with van der Waals surface area (Å²) < 4.78 is 37.0. The smallest absolute Gasteiger partial charge is 0.245 e. The summed E-state index contributed by atoms with van der Waals surface area (Å²) in [5, 5.41) is 6.88. The number of aryl methyl sites for hydroxylation is 2. The summed E-state index contributed by atoms with van der Waals surface area (Å²) in [7, 11) is -3.76. The van der Waals surface area contributed by atoms with E-state index in [1.807, 2.05) is 0 Å². The van der Waals surface area contributed by atoms with Crippen molar-refractivity contribution in [2.75, 3.05) is 19.7 Å². The molecule has 0 fully saturated rings. The number of carbonyl (C=O) groups excluding carboxylic acids is 1. The Balaban J connectivity index is 1.68. The number of halogens is 1. The molecule has 0 aliphatic heterocycles. The molecule has 8 nitrogen and oxygen atoms in total. The lowest BCUT2D eigenvalue weighted by Gasteiger charge is -2.09. The highest BCUT2D eigenvalue weighted by atomic mass is 35.5. The van der Waals surface area contributed by atoms with Crippen molar-refractivity contribution >= 4 is 27.5 Å². The van der Waals surface area contributed by atoms with E-state index in [4.69, 9.17) is 20.9 Å².